The van der Waals surface area contributed by atoms with E-state index in [1.54, 1.807) is 19.0 Å². The number of aromatic nitrogens is 3. The van der Waals surface area contributed by atoms with E-state index in [1.807, 2.05) is 0 Å². The normalized spacial score (nSPS) is 10.5. The fourth-order valence-electron chi connectivity index (χ4n) is 2.16. The van der Waals surface area contributed by atoms with Gasteiger partial charge >= 0.3 is 0 Å². The van der Waals surface area contributed by atoms with Crippen molar-refractivity contribution < 1.29 is 13.6 Å². The maximum atomic E-state index is 13.1. The molecule has 122 valence electrons. The van der Waals surface area contributed by atoms with Crippen LogP contribution in [0.2, 0.25) is 0 Å². The topological polar surface area (TPSA) is 84.2 Å². The zero-order valence-electron chi connectivity index (χ0n) is 13.0. The van der Waals surface area contributed by atoms with Gasteiger partial charge in [-0.1, -0.05) is 0 Å². The molecule has 0 radical (unpaired) electrons. The molecule has 3 rings (SSSR count). The Morgan fingerprint density at radius 3 is 2.67 bits per heavy atom. The smallest absolute Gasteiger partial charge is 0.278 e. The third-order valence-corrected chi connectivity index (χ3v) is 3.25. The van der Waals surface area contributed by atoms with Gasteiger partial charge in [0.1, 0.15) is 17.8 Å². The molecule has 0 atom stereocenters. The van der Waals surface area contributed by atoms with Crippen LogP contribution in [0.25, 0.3) is 11.3 Å². The van der Waals surface area contributed by atoms with Gasteiger partial charge in [-0.2, -0.15) is 0 Å². The number of amides is 1. The lowest BCUT2D eigenvalue weighted by atomic mass is 10.1. The van der Waals surface area contributed by atoms with Crippen LogP contribution < -0.4 is 10.2 Å². The van der Waals surface area contributed by atoms with Crippen LogP contribution in [0, 0.1) is 5.82 Å². The minimum Gasteiger partial charge on any atom is -0.443 e. The van der Waals surface area contributed by atoms with Crippen LogP contribution in [-0.4, -0.2) is 35.0 Å². The van der Waals surface area contributed by atoms with E-state index in [9.17, 15) is 9.18 Å². The molecule has 24 heavy (non-hydrogen) atoms. The van der Waals surface area contributed by atoms with Gasteiger partial charge in [-0.05, 0) is 24.3 Å². The maximum Gasteiger partial charge on any atom is 0.278 e. The Balaban J connectivity index is 1.90. The molecule has 0 aliphatic rings. The lowest BCUT2D eigenvalue weighted by Crippen LogP contribution is -2.18. The van der Waals surface area contributed by atoms with Gasteiger partial charge in [-0.15, -0.1) is 0 Å². The Kier molecular flexibility index (Phi) is 4.19. The van der Waals surface area contributed by atoms with Gasteiger partial charge in [0.2, 0.25) is 0 Å². The molecule has 0 spiro atoms. The van der Waals surface area contributed by atoms with Crippen molar-refractivity contribution in [2.24, 2.45) is 0 Å². The molecule has 0 unspecified atom stereocenters. The van der Waals surface area contributed by atoms with Crippen LogP contribution >= 0.6 is 0 Å². The number of nitrogens with zero attached hydrogens (tertiary/aromatic N) is 4. The van der Waals surface area contributed by atoms with E-state index in [2.05, 4.69) is 20.3 Å². The quantitative estimate of drug-likeness (QED) is 0.793. The number of anilines is 2. The number of nitrogens with one attached hydrogen (secondary N) is 1. The van der Waals surface area contributed by atoms with Gasteiger partial charge in [0.15, 0.2) is 23.7 Å². The molecule has 2 aromatic heterocycles. The fraction of sp³-hybridized carbons (Fsp3) is 0.125. The molecule has 8 heteroatoms. The van der Waals surface area contributed by atoms with Crippen molar-refractivity contribution >= 4 is 17.4 Å². The summed E-state index contributed by atoms with van der Waals surface area (Å²) in [6, 6.07) is 5.61. The van der Waals surface area contributed by atoms with Gasteiger partial charge < -0.3 is 14.6 Å². The zero-order chi connectivity index (χ0) is 17.1. The number of halogens is 1. The van der Waals surface area contributed by atoms with Crippen LogP contribution in [0.1, 0.15) is 10.5 Å². The summed E-state index contributed by atoms with van der Waals surface area (Å²) in [5.74, 6) is -0.0248. The van der Waals surface area contributed by atoms with Crippen LogP contribution in [-0.2, 0) is 0 Å². The number of rotatable bonds is 4. The first kappa shape index (κ1) is 15.6. The highest BCUT2D eigenvalue weighted by molar-refractivity contribution is 6.07. The molecule has 0 fully saturated rings. The van der Waals surface area contributed by atoms with Crippen molar-refractivity contribution in [3.63, 3.8) is 0 Å². The second-order valence-corrected chi connectivity index (χ2v) is 5.15. The average Bonchev–Trinajstić information content (AvgIpc) is 3.05. The predicted octanol–water partition coefficient (Wildman–Crippen LogP) is 2.59. The molecular weight excluding hydrogens is 313 g/mol. The standard InChI is InChI=1S/C16H14FN5O2/c1-22(2)15-12(7-18-8-19-15)21-16(23)13-14(24-9-20-13)10-3-5-11(17)6-4-10/h3-9H,1-2H3,(H,21,23). The minimum atomic E-state index is -0.471. The molecule has 3 aromatic rings. The third kappa shape index (κ3) is 3.07. The first-order valence-corrected chi connectivity index (χ1v) is 7.04. The van der Waals surface area contributed by atoms with E-state index in [0.29, 0.717) is 17.1 Å². The molecule has 0 bridgehead atoms. The van der Waals surface area contributed by atoms with Crippen molar-refractivity contribution in [3.05, 3.63) is 54.7 Å². The second kappa shape index (κ2) is 6.45. The lowest BCUT2D eigenvalue weighted by Gasteiger charge is -2.15. The Hall–Kier alpha value is -3.29. The molecule has 7 nitrogen and oxygen atoms in total. The number of carbonyl (C=O) groups is 1. The third-order valence-electron chi connectivity index (χ3n) is 3.25. The lowest BCUT2D eigenvalue weighted by molar-refractivity contribution is 0.102. The van der Waals surface area contributed by atoms with Crippen molar-refractivity contribution in [2.45, 2.75) is 0 Å². The number of hydrogen-bond acceptors (Lipinski definition) is 6. The largest absolute Gasteiger partial charge is 0.443 e. The first-order chi connectivity index (χ1) is 11.6. The Bertz CT molecular complexity index is 861. The number of benzene rings is 1. The van der Waals surface area contributed by atoms with Crippen molar-refractivity contribution in [1.29, 1.82) is 0 Å². The molecule has 0 saturated heterocycles. The zero-order valence-corrected chi connectivity index (χ0v) is 13.0. The monoisotopic (exact) mass is 327 g/mol. The van der Waals surface area contributed by atoms with Gasteiger partial charge in [-0.25, -0.2) is 19.3 Å². The predicted molar refractivity (Wildman–Crippen MR) is 86.2 cm³/mol. The summed E-state index contributed by atoms with van der Waals surface area (Å²) < 4.78 is 18.3. The Morgan fingerprint density at radius 2 is 1.96 bits per heavy atom. The van der Waals surface area contributed by atoms with Crippen molar-refractivity contribution in [3.8, 4) is 11.3 Å². The van der Waals surface area contributed by atoms with E-state index in [-0.39, 0.29) is 17.3 Å². The van der Waals surface area contributed by atoms with Gasteiger partial charge in [0.05, 0.1) is 6.20 Å². The van der Waals surface area contributed by atoms with Crippen molar-refractivity contribution in [1.82, 2.24) is 15.0 Å². The molecule has 0 saturated carbocycles. The molecular formula is C16H14FN5O2. The number of oxazole rings is 1. The van der Waals surface area contributed by atoms with Crippen LogP contribution in [0.4, 0.5) is 15.9 Å². The van der Waals surface area contributed by atoms with Crippen molar-refractivity contribution in [2.75, 3.05) is 24.3 Å². The molecule has 1 amide bonds. The summed E-state index contributed by atoms with van der Waals surface area (Å²) in [5.41, 5.74) is 1.09. The molecule has 0 aliphatic heterocycles. The highest BCUT2D eigenvalue weighted by Crippen LogP contribution is 2.25. The van der Waals surface area contributed by atoms with E-state index >= 15 is 0 Å². The molecule has 1 aromatic carbocycles. The van der Waals surface area contributed by atoms with Gasteiger partial charge in [0, 0.05) is 19.7 Å². The minimum absolute atomic E-state index is 0.0927. The summed E-state index contributed by atoms with van der Waals surface area (Å²) in [6.07, 6.45) is 4.06. The van der Waals surface area contributed by atoms with E-state index in [0.717, 1.165) is 0 Å². The van der Waals surface area contributed by atoms with Crippen LogP contribution in [0.15, 0.2) is 47.6 Å². The molecule has 1 N–H and O–H groups in total. The molecule has 2 heterocycles. The Morgan fingerprint density at radius 1 is 1.21 bits per heavy atom. The number of carbonyl (C=O) groups excluding carboxylic acids is 1. The molecule has 0 aliphatic carbocycles. The fourth-order valence-corrected chi connectivity index (χ4v) is 2.16. The van der Waals surface area contributed by atoms with E-state index in [1.165, 1.54) is 43.2 Å². The van der Waals surface area contributed by atoms with Gasteiger partial charge in [-0.3, -0.25) is 4.79 Å². The second-order valence-electron chi connectivity index (χ2n) is 5.15. The number of hydrogen-bond donors (Lipinski definition) is 1. The summed E-state index contributed by atoms with van der Waals surface area (Å²) in [6.45, 7) is 0. The highest BCUT2D eigenvalue weighted by atomic mass is 19.1. The van der Waals surface area contributed by atoms with Gasteiger partial charge in [0.25, 0.3) is 5.91 Å². The Labute approximate surface area is 137 Å². The van der Waals surface area contributed by atoms with Crippen LogP contribution in [0.3, 0.4) is 0 Å². The first-order valence-electron chi connectivity index (χ1n) is 7.04. The average molecular weight is 327 g/mol. The summed E-state index contributed by atoms with van der Waals surface area (Å²) in [4.78, 5) is 26.3. The highest BCUT2D eigenvalue weighted by Gasteiger charge is 2.20. The SMILES string of the molecule is CN(C)c1ncncc1NC(=O)c1ncoc1-c1ccc(F)cc1. The summed E-state index contributed by atoms with van der Waals surface area (Å²) in [7, 11) is 3.61. The van der Waals surface area contributed by atoms with Crippen LogP contribution in [0.5, 0.6) is 0 Å². The summed E-state index contributed by atoms with van der Waals surface area (Å²) >= 11 is 0. The van der Waals surface area contributed by atoms with E-state index < -0.39 is 5.91 Å². The van der Waals surface area contributed by atoms with E-state index in [4.69, 9.17) is 4.42 Å². The summed E-state index contributed by atoms with van der Waals surface area (Å²) in [5, 5.41) is 2.71. The maximum absolute atomic E-state index is 13.1.